The molecule has 78 valence electrons. The maximum atomic E-state index is 11.4. The van der Waals surface area contributed by atoms with Crippen LogP contribution in [0.15, 0.2) is 23.3 Å². The molecule has 0 radical (unpaired) electrons. The second-order valence-electron chi connectivity index (χ2n) is 3.57. The summed E-state index contributed by atoms with van der Waals surface area (Å²) in [5, 5.41) is 6.47. The van der Waals surface area contributed by atoms with Crippen molar-refractivity contribution in [1.29, 1.82) is 0 Å². The summed E-state index contributed by atoms with van der Waals surface area (Å²) in [6.07, 6.45) is 0. The van der Waals surface area contributed by atoms with Crippen LogP contribution in [0, 0.1) is 6.92 Å². The number of rotatable bonds is 1. The van der Waals surface area contributed by atoms with Gasteiger partial charge in [0.25, 0.3) is 0 Å². The topological polar surface area (TPSA) is 32.7 Å². The summed E-state index contributed by atoms with van der Waals surface area (Å²) in [5.41, 5.74) is 2.38. The molecule has 15 heavy (non-hydrogen) atoms. The molecule has 0 unspecified atom stereocenters. The molecule has 1 aromatic rings. The van der Waals surface area contributed by atoms with Crippen LogP contribution in [-0.2, 0) is 4.79 Å². The van der Waals surface area contributed by atoms with Gasteiger partial charge in [0.1, 0.15) is 12.3 Å². The number of carbonyl (C=O) groups excluding carboxylic acids is 1. The maximum Gasteiger partial charge on any atom is 0.199 e. The number of hydrogen-bond acceptors (Lipinski definition) is 3. The highest BCUT2D eigenvalue weighted by Gasteiger charge is 2.23. The number of anilines is 1. The Morgan fingerprint density at radius 2 is 2.13 bits per heavy atom. The average Bonchev–Trinajstić information content (AvgIpc) is 2.46. The van der Waals surface area contributed by atoms with Crippen LogP contribution in [0.4, 0.5) is 5.69 Å². The molecule has 1 aliphatic heterocycles. The Bertz CT molecular complexity index is 434. The van der Waals surface area contributed by atoms with Crippen molar-refractivity contribution in [3.63, 3.8) is 0 Å². The number of hydrazone groups is 1. The predicted molar refractivity (Wildman–Crippen MR) is 61.7 cm³/mol. The predicted octanol–water partition coefficient (Wildman–Crippen LogP) is 2.41. The molecule has 1 heterocycles. The number of para-hydroxylation sites is 1. The lowest BCUT2D eigenvalue weighted by Crippen LogP contribution is -2.19. The van der Waals surface area contributed by atoms with E-state index in [1.807, 2.05) is 19.1 Å². The highest BCUT2D eigenvalue weighted by atomic mass is 35.5. The Hall–Kier alpha value is -1.35. The summed E-state index contributed by atoms with van der Waals surface area (Å²) in [5.74, 6) is 0.0503. The second-order valence-corrected chi connectivity index (χ2v) is 3.98. The molecule has 0 N–H and O–H groups in total. The smallest absolute Gasteiger partial charge is 0.199 e. The molecule has 2 rings (SSSR count). The summed E-state index contributed by atoms with van der Waals surface area (Å²) in [6.45, 7) is 3.96. The van der Waals surface area contributed by atoms with Gasteiger partial charge in [-0.05, 0) is 25.5 Å². The summed E-state index contributed by atoms with van der Waals surface area (Å²) in [7, 11) is 0. The number of benzene rings is 1. The molecule has 0 aromatic heterocycles. The molecule has 0 saturated carbocycles. The lowest BCUT2D eigenvalue weighted by atomic mass is 10.2. The summed E-state index contributed by atoms with van der Waals surface area (Å²) < 4.78 is 0. The number of ketones is 1. The van der Waals surface area contributed by atoms with Crippen molar-refractivity contribution in [2.45, 2.75) is 13.8 Å². The van der Waals surface area contributed by atoms with Crippen molar-refractivity contribution in [3.05, 3.63) is 28.8 Å². The van der Waals surface area contributed by atoms with E-state index in [0.29, 0.717) is 10.7 Å². The fourth-order valence-electron chi connectivity index (χ4n) is 1.60. The normalized spacial score (nSPS) is 15.8. The number of carbonyl (C=O) groups is 1. The molecule has 0 atom stereocenters. The monoisotopic (exact) mass is 222 g/mol. The Kier molecular flexibility index (Phi) is 2.49. The minimum Gasteiger partial charge on any atom is -0.291 e. The molecule has 0 aliphatic carbocycles. The van der Waals surface area contributed by atoms with Crippen molar-refractivity contribution >= 4 is 28.8 Å². The lowest BCUT2D eigenvalue weighted by Gasteiger charge is -2.16. The highest BCUT2D eigenvalue weighted by molar-refractivity contribution is 6.42. The van der Waals surface area contributed by atoms with Gasteiger partial charge in [-0.15, -0.1) is 0 Å². The molecule has 0 bridgehead atoms. The zero-order valence-electron chi connectivity index (χ0n) is 8.62. The van der Waals surface area contributed by atoms with Crippen LogP contribution in [0.2, 0.25) is 5.02 Å². The fourth-order valence-corrected chi connectivity index (χ4v) is 1.92. The summed E-state index contributed by atoms with van der Waals surface area (Å²) in [4.78, 5) is 11.4. The number of Topliss-reactive ketones (excluding diaryl/α,β-unsaturated/α-hetero) is 1. The fraction of sp³-hybridized carbons (Fsp3) is 0.273. The summed E-state index contributed by atoms with van der Waals surface area (Å²) >= 11 is 6.08. The number of nitrogens with zero attached hydrogens (tertiary/aromatic N) is 2. The third kappa shape index (κ3) is 1.75. The molecule has 1 aromatic carbocycles. The number of hydrogen-bond donors (Lipinski definition) is 0. The molecule has 1 aliphatic rings. The molecule has 4 heteroatoms. The molecule has 3 nitrogen and oxygen atoms in total. The molecule has 0 amide bonds. The van der Waals surface area contributed by atoms with Gasteiger partial charge in [-0.2, -0.15) is 5.10 Å². The first-order chi connectivity index (χ1) is 7.09. The Morgan fingerprint density at radius 1 is 1.40 bits per heavy atom. The van der Waals surface area contributed by atoms with Crippen LogP contribution in [0.1, 0.15) is 12.5 Å². The van der Waals surface area contributed by atoms with E-state index in [4.69, 9.17) is 11.6 Å². The third-order valence-electron chi connectivity index (χ3n) is 2.41. The van der Waals surface area contributed by atoms with E-state index in [-0.39, 0.29) is 12.3 Å². The van der Waals surface area contributed by atoms with Gasteiger partial charge < -0.3 is 0 Å². The van der Waals surface area contributed by atoms with Crippen LogP contribution < -0.4 is 5.01 Å². The van der Waals surface area contributed by atoms with E-state index < -0.39 is 0 Å². The van der Waals surface area contributed by atoms with Crippen molar-refractivity contribution in [3.8, 4) is 0 Å². The van der Waals surface area contributed by atoms with Gasteiger partial charge in [0.15, 0.2) is 5.78 Å². The van der Waals surface area contributed by atoms with Crippen molar-refractivity contribution < 1.29 is 4.79 Å². The molecule has 0 fully saturated rings. The van der Waals surface area contributed by atoms with Crippen molar-refractivity contribution in [2.24, 2.45) is 5.10 Å². The van der Waals surface area contributed by atoms with Crippen molar-refractivity contribution in [1.82, 2.24) is 0 Å². The van der Waals surface area contributed by atoms with Gasteiger partial charge in [-0.25, -0.2) is 0 Å². The average molecular weight is 223 g/mol. The minimum atomic E-state index is 0.0503. The van der Waals surface area contributed by atoms with Gasteiger partial charge >= 0.3 is 0 Å². The van der Waals surface area contributed by atoms with E-state index in [9.17, 15) is 4.79 Å². The highest BCUT2D eigenvalue weighted by Crippen LogP contribution is 2.30. The Morgan fingerprint density at radius 3 is 2.67 bits per heavy atom. The third-order valence-corrected chi connectivity index (χ3v) is 2.72. The van der Waals surface area contributed by atoms with E-state index in [1.165, 1.54) is 0 Å². The Balaban J connectivity index is 2.44. The molecule has 0 saturated heterocycles. The zero-order valence-corrected chi connectivity index (χ0v) is 9.38. The van der Waals surface area contributed by atoms with Crippen LogP contribution in [0.3, 0.4) is 0 Å². The van der Waals surface area contributed by atoms with E-state index in [2.05, 4.69) is 5.10 Å². The molecular weight excluding hydrogens is 212 g/mol. The standard InChI is InChI=1S/C11H11ClN2O/c1-7-4-3-5-9(12)11(7)14-6-10(15)8(2)13-14/h3-5H,6H2,1-2H3. The molecule has 0 spiro atoms. The van der Waals surface area contributed by atoms with Crippen molar-refractivity contribution in [2.75, 3.05) is 11.6 Å². The van der Waals surface area contributed by atoms with Gasteiger partial charge in [0, 0.05) is 0 Å². The van der Waals surface area contributed by atoms with Crippen LogP contribution >= 0.6 is 11.6 Å². The van der Waals surface area contributed by atoms with Gasteiger partial charge in [0.05, 0.1) is 10.7 Å². The van der Waals surface area contributed by atoms with Crippen LogP contribution in [0.25, 0.3) is 0 Å². The number of aryl methyl sites for hydroxylation is 1. The van der Waals surface area contributed by atoms with E-state index >= 15 is 0 Å². The van der Waals surface area contributed by atoms with E-state index in [0.717, 1.165) is 11.3 Å². The van der Waals surface area contributed by atoms with Gasteiger partial charge in [-0.3, -0.25) is 9.80 Å². The van der Waals surface area contributed by atoms with Gasteiger partial charge in [0.2, 0.25) is 0 Å². The van der Waals surface area contributed by atoms with E-state index in [1.54, 1.807) is 18.0 Å². The minimum absolute atomic E-state index is 0.0503. The number of halogens is 1. The van der Waals surface area contributed by atoms with Crippen LogP contribution in [0.5, 0.6) is 0 Å². The van der Waals surface area contributed by atoms with Gasteiger partial charge in [-0.1, -0.05) is 23.7 Å². The summed E-state index contributed by atoms with van der Waals surface area (Å²) in [6, 6.07) is 5.64. The van der Waals surface area contributed by atoms with Crippen LogP contribution in [-0.4, -0.2) is 18.0 Å². The largest absolute Gasteiger partial charge is 0.291 e. The Labute approximate surface area is 93.3 Å². The molecular formula is C11H11ClN2O. The lowest BCUT2D eigenvalue weighted by molar-refractivity contribution is -0.111. The maximum absolute atomic E-state index is 11.4. The first-order valence-electron chi connectivity index (χ1n) is 4.70. The first kappa shape index (κ1) is 10.2. The zero-order chi connectivity index (χ0) is 11.0. The SMILES string of the molecule is CC1=NN(c2c(C)cccc2Cl)CC1=O. The quantitative estimate of drug-likeness (QED) is 0.731. The second kappa shape index (κ2) is 3.66. The first-order valence-corrected chi connectivity index (χ1v) is 5.08.